The van der Waals surface area contributed by atoms with Crippen molar-refractivity contribution < 1.29 is 23.8 Å². The van der Waals surface area contributed by atoms with Gasteiger partial charge in [-0.3, -0.25) is 0 Å². The van der Waals surface area contributed by atoms with Gasteiger partial charge in [-0.05, 0) is 40.5 Å². The van der Waals surface area contributed by atoms with Gasteiger partial charge in [0.15, 0.2) is 0 Å². The van der Waals surface area contributed by atoms with Crippen molar-refractivity contribution in [2.45, 2.75) is 12.3 Å². The van der Waals surface area contributed by atoms with Crippen LogP contribution in [-0.4, -0.2) is 39.4 Å². The first kappa shape index (κ1) is 22.9. The van der Waals surface area contributed by atoms with E-state index in [2.05, 4.69) is 41.4 Å². The number of alkyl carbamates (subject to hydrolysis) is 1. The Morgan fingerprint density at radius 3 is 2.26 bits per heavy atom. The Bertz CT molecular complexity index is 1230. The van der Waals surface area contributed by atoms with Crippen LogP contribution in [0.2, 0.25) is 0 Å². The summed E-state index contributed by atoms with van der Waals surface area (Å²) in [5, 5.41) is 2.75. The molecule has 6 nitrogen and oxygen atoms in total. The van der Waals surface area contributed by atoms with Gasteiger partial charge in [-0.2, -0.15) is 0 Å². The predicted octanol–water partition coefficient (Wildman–Crippen LogP) is 4.76. The van der Waals surface area contributed by atoms with E-state index < -0.39 is 12.1 Å². The summed E-state index contributed by atoms with van der Waals surface area (Å²) in [4.78, 5) is 24.0. The third-order valence-corrected chi connectivity index (χ3v) is 5.70. The van der Waals surface area contributed by atoms with Crippen molar-refractivity contribution in [3.8, 4) is 28.7 Å². The van der Waals surface area contributed by atoms with Crippen LogP contribution in [0.15, 0.2) is 66.7 Å². The zero-order chi connectivity index (χ0) is 23.9. The van der Waals surface area contributed by atoms with Crippen molar-refractivity contribution in [3.63, 3.8) is 0 Å². The number of ether oxygens (including phenoxy) is 3. The highest BCUT2D eigenvalue weighted by atomic mass is 16.5. The molecule has 0 aliphatic heterocycles. The van der Waals surface area contributed by atoms with Crippen LogP contribution >= 0.6 is 0 Å². The molecule has 0 saturated heterocycles. The fourth-order valence-corrected chi connectivity index (χ4v) is 4.09. The fraction of sp³-hybridized carbons (Fsp3) is 0.214. The third-order valence-electron chi connectivity index (χ3n) is 5.70. The smallest absolute Gasteiger partial charge is 0.407 e. The normalized spacial score (nSPS) is 11.5. The summed E-state index contributed by atoms with van der Waals surface area (Å²) in [7, 11) is 2.80. The summed E-state index contributed by atoms with van der Waals surface area (Å²) in [5.74, 6) is 5.96. The van der Waals surface area contributed by atoms with E-state index in [1.165, 1.54) is 36.5 Å². The molecular weight excluding hydrogens is 430 g/mol. The highest BCUT2D eigenvalue weighted by Crippen LogP contribution is 2.44. The molecule has 0 fully saturated rings. The Morgan fingerprint density at radius 2 is 1.62 bits per heavy atom. The van der Waals surface area contributed by atoms with Crippen molar-refractivity contribution >= 4 is 12.1 Å². The monoisotopic (exact) mass is 455 g/mol. The first-order valence-corrected chi connectivity index (χ1v) is 11.0. The summed E-state index contributed by atoms with van der Waals surface area (Å²) in [6.45, 7) is 0.638. The summed E-state index contributed by atoms with van der Waals surface area (Å²) in [5.41, 5.74) is 5.78. The standard InChI is InChI=1S/C28H25NO5/c1-32-26-17-19(14-15-24(26)27(30)33-2)9-7-8-16-29-28(31)34-18-25-22-12-5-3-10-20(22)21-11-4-6-13-23(21)25/h3-6,10-15,17,25H,8,16,18H2,1-2H3,(H,29,31). The average molecular weight is 456 g/mol. The average Bonchev–Trinajstić information content (AvgIpc) is 3.20. The molecule has 1 aliphatic carbocycles. The lowest BCUT2D eigenvalue weighted by Gasteiger charge is -2.14. The molecule has 4 rings (SSSR count). The number of methoxy groups -OCH3 is 2. The van der Waals surface area contributed by atoms with Crippen LogP contribution in [0.4, 0.5) is 4.79 Å². The highest BCUT2D eigenvalue weighted by molar-refractivity contribution is 5.92. The van der Waals surface area contributed by atoms with Crippen LogP contribution in [-0.2, 0) is 9.47 Å². The van der Waals surface area contributed by atoms with Crippen LogP contribution in [0.5, 0.6) is 5.75 Å². The zero-order valence-corrected chi connectivity index (χ0v) is 19.1. The molecule has 0 spiro atoms. The van der Waals surface area contributed by atoms with E-state index in [1.807, 2.05) is 24.3 Å². The first-order valence-electron chi connectivity index (χ1n) is 11.0. The van der Waals surface area contributed by atoms with Gasteiger partial charge >= 0.3 is 12.1 Å². The number of fused-ring (bicyclic) bond motifs is 3. The van der Waals surface area contributed by atoms with Crippen molar-refractivity contribution in [1.82, 2.24) is 5.32 Å². The minimum Gasteiger partial charge on any atom is -0.496 e. The Hall–Kier alpha value is -4.24. The quantitative estimate of drug-likeness (QED) is 0.330. The second-order valence-electron chi connectivity index (χ2n) is 7.71. The molecule has 34 heavy (non-hydrogen) atoms. The van der Waals surface area contributed by atoms with E-state index >= 15 is 0 Å². The number of esters is 1. The Kier molecular flexibility index (Phi) is 7.14. The van der Waals surface area contributed by atoms with Gasteiger partial charge in [-0.25, -0.2) is 9.59 Å². The van der Waals surface area contributed by atoms with Gasteiger partial charge in [0.05, 0.1) is 14.2 Å². The maximum absolute atomic E-state index is 12.2. The van der Waals surface area contributed by atoms with Crippen LogP contribution < -0.4 is 10.1 Å². The number of hydrogen-bond donors (Lipinski definition) is 1. The number of amides is 1. The van der Waals surface area contributed by atoms with E-state index in [4.69, 9.17) is 14.2 Å². The maximum atomic E-state index is 12.2. The van der Waals surface area contributed by atoms with E-state index in [0.717, 1.165) is 0 Å². The van der Waals surface area contributed by atoms with Gasteiger partial charge in [-0.15, -0.1) is 0 Å². The molecule has 0 atom stereocenters. The Labute approximate surface area is 198 Å². The molecule has 0 unspecified atom stereocenters. The van der Waals surface area contributed by atoms with Gasteiger partial charge in [0, 0.05) is 24.4 Å². The second kappa shape index (κ2) is 10.6. The van der Waals surface area contributed by atoms with Gasteiger partial charge in [0.25, 0.3) is 0 Å². The van der Waals surface area contributed by atoms with E-state index in [9.17, 15) is 9.59 Å². The number of hydrogen-bond acceptors (Lipinski definition) is 5. The van der Waals surface area contributed by atoms with Crippen LogP contribution in [0, 0.1) is 11.8 Å². The lowest BCUT2D eigenvalue weighted by Crippen LogP contribution is -2.26. The zero-order valence-electron chi connectivity index (χ0n) is 19.1. The lowest BCUT2D eigenvalue weighted by molar-refractivity contribution is 0.0597. The SMILES string of the molecule is COC(=O)c1ccc(C#CCCNC(=O)OCC2c3ccccc3-c3ccccc32)cc1OC. The van der Waals surface area contributed by atoms with Crippen molar-refractivity contribution in [2.75, 3.05) is 27.4 Å². The topological polar surface area (TPSA) is 73.9 Å². The Morgan fingerprint density at radius 1 is 0.941 bits per heavy atom. The molecule has 3 aromatic rings. The Balaban J connectivity index is 1.28. The summed E-state index contributed by atoms with van der Waals surface area (Å²) < 4.78 is 15.5. The van der Waals surface area contributed by atoms with E-state index in [-0.39, 0.29) is 12.5 Å². The molecule has 0 saturated carbocycles. The van der Waals surface area contributed by atoms with Crippen molar-refractivity contribution in [3.05, 3.63) is 89.0 Å². The van der Waals surface area contributed by atoms with Crippen LogP contribution in [0.25, 0.3) is 11.1 Å². The molecule has 0 bridgehead atoms. The van der Waals surface area contributed by atoms with E-state index in [0.29, 0.717) is 29.8 Å². The molecule has 172 valence electrons. The van der Waals surface area contributed by atoms with Gasteiger partial charge in [0.2, 0.25) is 0 Å². The predicted molar refractivity (Wildman–Crippen MR) is 129 cm³/mol. The molecule has 1 amide bonds. The number of nitrogens with one attached hydrogen (secondary N) is 1. The van der Waals surface area contributed by atoms with Gasteiger partial charge in [0.1, 0.15) is 17.9 Å². The molecule has 6 heteroatoms. The number of benzene rings is 3. The van der Waals surface area contributed by atoms with Crippen LogP contribution in [0.3, 0.4) is 0 Å². The summed E-state index contributed by atoms with van der Waals surface area (Å²) in [6, 6.07) is 21.5. The molecule has 1 aliphatic rings. The van der Waals surface area contributed by atoms with Gasteiger partial charge < -0.3 is 19.5 Å². The van der Waals surface area contributed by atoms with Crippen molar-refractivity contribution in [2.24, 2.45) is 0 Å². The summed E-state index contributed by atoms with van der Waals surface area (Å²) in [6.07, 6.45) is -0.0154. The second-order valence-corrected chi connectivity index (χ2v) is 7.71. The molecule has 0 radical (unpaired) electrons. The van der Waals surface area contributed by atoms with Crippen LogP contribution in [0.1, 0.15) is 39.4 Å². The molecular formula is C28H25NO5. The van der Waals surface area contributed by atoms with Gasteiger partial charge in [-0.1, -0.05) is 60.4 Å². The lowest BCUT2D eigenvalue weighted by atomic mass is 9.98. The minimum absolute atomic E-state index is 0.0286. The van der Waals surface area contributed by atoms with E-state index in [1.54, 1.807) is 18.2 Å². The maximum Gasteiger partial charge on any atom is 0.407 e. The minimum atomic E-state index is -0.469. The fourth-order valence-electron chi connectivity index (χ4n) is 4.09. The molecule has 1 N–H and O–H groups in total. The number of rotatable bonds is 6. The van der Waals surface area contributed by atoms with Crippen molar-refractivity contribution in [1.29, 1.82) is 0 Å². The first-order chi connectivity index (χ1) is 16.6. The molecule has 3 aromatic carbocycles. The largest absolute Gasteiger partial charge is 0.496 e. The molecule has 0 heterocycles. The molecule has 0 aromatic heterocycles. The summed E-state index contributed by atoms with van der Waals surface area (Å²) >= 11 is 0. The number of carbonyl (C=O) groups excluding carboxylic acids is 2. The number of carbonyl (C=O) groups is 2. The highest BCUT2D eigenvalue weighted by Gasteiger charge is 2.28. The third kappa shape index (κ3) is 4.89.